The van der Waals surface area contributed by atoms with Gasteiger partial charge < -0.3 is 14.4 Å². The number of thioether (sulfide) groups is 1. The number of ether oxygens (including phenoxy) is 2. The fraction of sp³-hybridized carbons (Fsp3) is 0.421. The molecule has 0 spiro atoms. The Bertz CT molecular complexity index is 999. The van der Waals surface area contributed by atoms with Gasteiger partial charge in [0, 0.05) is 38.2 Å². The summed E-state index contributed by atoms with van der Waals surface area (Å²) in [4.78, 5) is 14.9. The van der Waals surface area contributed by atoms with E-state index in [1.54, 1.807) is 24.2 Å². The van der Waals surface area contributed by atoms with Crippen LogP contribution in [0.15, 0.2) is 34.5 Å². The predicted octanol–water partition coefficient (Wildman–Crippen LogP) is 2.53. The van der Waals surface area contributed by atoms with Crippen LogP contribution in [0.5, 0.6) is 11.5 Å². The molecule has 0 N–H and O–H groups in total. The first-order valence-corrected chi connectivity index (χ1v) is 12.7. The van der Waals surface area contributed by atoms with Gasteiger partial charge in [0.1, 0.15) is 23.0 Å². The van der Waals surface area contributed by atoms with E-state index in [2.05, 4.69) is 0 Å². The van der Waals surface area contributed by atoms with Crippen molar-refractivity contribution in [2.75, 3.05) is 44.9 Å². The fourth-order valence-electron chi connectivity index (χ4n) is 3.29. The SMILES string of the molecule is CN(Cc1ccc2c(c1)OCCO2)C(=O)c1sccc1S(=O)(=O)N1CCSCC1. The van der Waals surface area contributed by atoms with Gasteiger partial charge in [-0.25, -0.2) is 8.42 Å². The summed E-state index contributed by atoms with van der Waals surface area (Å²) in [7, 11) is -1.99. The molecule has 4 rings (SSSR count). The van der Waals surface area contributed by atoms with Gasteiger partial charge in [-0.2, -0.15) is 16.1 Å². The van der Waals surface area contributed by atoms with E-state index in [-0.39, 0.29) is 15.7 Å². The largest absolute Gasteiger partial charge is 0.486 e. The van der Waals surface area contributed by atoms with E-state index in [1.807, 2.05) is 18.2 Å². The Labute approximate surface area is 178 Å². The Morgan fingerprint density at radius 2 is 1.86 bits per heavy atom. The molecule has 1 fully saturated rings. The highest BCUT2D eigenvalue weighted by atomic mass is 32.2. The number of rotatable bonds is 5. The molecule has 0 unspecified atom stereocenters. The number of amides is 1. The number of hydrogen-bond acceptors (Lipinski definition) is 7. The monoisotopic (exact) mass is 454 g/mol. The quantitative estimate of drug-likeness (QED) is 0.691. The Hall–Kier alpha value is -1.75. The molecule has 156 valence electrons. The number of sulfonamides is 1. The molecule has 3 heterocycles. The Balaban J connectivity index is 1.52. The third-order valence-corrected chi connectivity index (χ3v) is 8.70. The zero-order valence-electron chi connectivity index (χ0n) is 16.0. The van der Waals surface area contributed by atoms with Gasteiger partial charge in [0.15, 0.2) is 11.5 Å². The van der Waals surface area contributed by atoms with E-state index in [0.29, 0.717) is 44.3 Å². The van der Waals surface area contributed by atoms with Crippen LogP contribution in [0.4, 0.5) is 0 Å². The van der Waals surface area contributed by atoms with Crippen LogP contribution in [0.3, 0.4) is 0 Å². The highest BCUT2D eigenvalue weighted by Crippen LogP contribution is 2.32. The molecule has 1 saturated heterocycles. The van der Waals surface area contributed by atoms with E-state index in [9.17, 15) is 13.2 Å². The minimum Gasteiger partial charge on any atom is -0.486 e. The zero-order chi connectivity index (χ0) is 20.4. The Morgan fingerprint density at radius 3 is 2.62 bits per heavy atom. The van der Waals surface area contributed by atoms with Gasteiger partial charge in [0.25, 0.3) is 5.91 Å². The van der Waals surface area contributed by atoms with Crippen LogP contribution in [-0.2, 0) is 16.6 Å². The second-order valence-corrected chi connectivity index (χ2v) is 10.8. The standard InChI is InChI=1S/C19H22N2O5S3/c1-20(13-14-2-3-15-16(12-14)26-8-7-25-15)19(22)18-17(4-9-28-18)29(23,24)21-5-10-27-11-6-21/h2-4,9,12H,5-8,10-11,13H2,1H3. The van der Waals surface area contributed by atoms with Crippen LogP contribution in [0.1, 0.15) is 15.2 Å². The maximum atomic E-state index is 13.0. The molecule has 2 aliphatic heterocycles. The smallest absolute Gasteiger partial charge is 0.265 e. The lowest BCUT2D eigenvalue weighted by Gasteiger charge is -2.26. The van der Waals surface area contributed by atoms with Crippen LogP contribution in [0.25, 0.3) is 0 Å². The van der Waals surface area contributed by atoms with Crippen molar-refractivity contribution in [3.63, 3.8) is 0 Å². The van der Waals surface area contributed by atoms with Gasteiger partial charge in [-0.15, -0.1) is 11.3 Å². The minimum atomic E-state index is -3.67. The predicted molar refractivity (Wildman–Crippen MR) is 114 cm³/mol. The third-order valence-electron chi connectivity index (χ3n) is 4.78. The van der Waals surface area contributed by atoms with Crippen LogP contribution in [0.2, 0.25) is 0 Å². The lowest BCUT2D eigenvalue weighted by Crippen LogP contribution is -2.38. The maximum Gasteiger partial charge on any atom is 0.265 e. The minimum absolute atomic E-state index is 0.105. The molecule has 7 nitrogen and oxygen atoms in total. The lowest BCUT2D eigenvalue weighted by molar-refractivity contribution is 0.0786. The molecule has 0 bridgehead atoms. The molecule has 1 amide bonds. The number of thiophene rings is 1. The Kier molecular flexibility index (Phi) is 6.05. The molecule has 29 heavy (non-hydrogen) atoms. The summed E-state index contributed by atoms with van der Waals surface area (Å²) in [5.41, 5.74) is 0.888. The first kappa shape index (κ1) is 20.5. The zero-order valence-corrected chi connectivity index (χ0v) is 18.4. The number of hydrogen-bond donors (Lipinski definition) is 0. The van der Waals surface area contributed by atoms with Crippen LogP contribution in [0, 0.1) is 0 Å². The van der Waals surface area contributed by atoms with Crippen molar-refractivity contribution in [1.29, 1.82) is 0 Å². The van der Waals surface area contributed by atoms with Crippen molar-refractivity contribution < 1.29 is 22.7 Å². The molecule has 0 atom stereocenters. The molecule has 0 aliphatic carbocycles. The topological polar surface area (TPSA) is 76.1 Å². The molecule has 2 aliphatic rings. The van der Waals surface area contributed by atoms with Crippen LogP contribution in [-0.4, -0.2) is 68.4 Å². The Morgan fingerprint density at radius 1 is 1.14 bits per heavy atom. The van der Waals surface area contributed by atoms with E-state index in [1.165, 1.54) is 15.3 Å². The number of carbonyl (C=O) groups excluding carboxylic acids is 1. The number of carbonyl (C=O) groups is 1. The van der Waals surface area contributed by atoms with Gasteiger partial charge >= 0.3 is 0 Å². The van der Waals surface area contributed by atoms with Crippen molar-refractivity contribution in [3.05, 3.63) is 40.1 Å². The van der Waals surface area contributed by atoms with Crippen LogP contribution >= 0.6 is 23.1 Å². The molecule has 1 aromatic carbocycles. The molecular weight excluding hydrogens is 432 g/mol. The van der Waals surface area contributed by atoms with Crippen molar-refractivity contribution in [2.45, 2.75) is 11.4 Å². The number of benzene rings is 1. The highest BCUT2D eigenvalue weighted by molar-refractivity contribution is 7.99. The summed E-state index contributed by atoms with van der Waals surface area (Å²) in [5, 5.41) is 1.66. The summed E-state index contributed by atoms with van der Waals surface area (Å²) in [6, 6.07) is 7.11. The number of fused-ring (bicyclic) bond motifs is 1. The molecule has 10 heteroatoms. The normalized spacial score (nSPS) is 17.1. The van der Waals surface area contributed by atoms with Gasteiger partial charge in [-0.3, -0.25) is 4.79 Å². The number of nitrogens with zero attached hydrogens (tertiary/aromatic N) is 2. The maximum absolute atomic E-state index is 13.0. The third kappa shape index (κ3) is 4.25. The lowest BCUT2D eigenvalue weighted by atomic mass is 10.2. The highest BCUT2D eigenvalue weighted by Gasteiger charge is 2.32. The van der Waals surface area contributed by atoms with Gasteiger partial charge in [-0.1, -0.05) is 6.07 Å². The summed E-state index contributed by atoms with van der Waals surface area (Å²) >= 11 is 2.90. The van der Waals surface area contributed by atoms with E-state index >= 15 is 0 Å². The average Bonchev–Trinajstić information content (AvgIpc) is 3.24. The average molecular weight is 455 g/mol. The van der Waals surface area contributed by atoms with E-state index in [4.69, 9.17) is 9.47 Å². The second kappa shape index (κ2) is 8.55. The fourth-order valence-corrected chi connectivity index (χ4v) is 7.25. The van der Waals surface area contributed by atoms with Crippen molar-refractivity contribution >= 4 is 39.0 Å². The van der Waals surface area contributed by atoms with E-state index < -0.39 is 10.0 Å². The molecule has 0 saturated carbocycles. The first-order chi connectivity index (χ1) is 14.0. The van der Waals surface area contributed by atoms with Crippen molar-refractivity contribution in [3.8, 4) is 11.5 Å². The molecule has 0 radical (unpaired) electrons. The van der Waals surface area contributed by atoms with Gasteiger partial charge in [0.05, 0.1) is 0 Å². The van der Waals surface area contributed by atoms with Gasteiger partial charge in [-0.05, 0) is 29.1 Å². The summed E-state index contributed by atoms with van der Waals surface area (Å²) in [6.07, 6.45) is 0. The molecule has 1 aromatic heterocycles. The van der Waals surface area contributed by atoms with Crippen LogP contribution < -0.4 is 9.47 Å². The van der Waals surface area contributed by atoms with Crippen molar-refractivity contribution in [2.24, 2.45) is 0 Å². The molecule has 2 aromatic rings. The van der Waals surface area contributed by atoms with E-state index in [0.717, 1.165) is 28.4 Å². The second-order valence-electron chi connectivity index (χ2n) is 6.77. The first-order valence-electron chi connectivity index (χ1n) is 9.26. The van der Waals surface area contributed by atoms with Gasteiger partial charge in [0.2, 0.25) is 10.0 Å². The summed E-state index contributed by atoms with van der Waals surface area (Å²) in [5.74, 6) is 2.60. The van der Waals surface area contributed by atoms with Crippen molar-refractivity contribution in [1.82, 2.24) is 9.21 Å². The summed E-state index contributed by atoms with van der Waals surface area (Å²) < 4.78 is 38.7. The summed E-state index contributed by atoms with van der Waals surface area (Å²) in [6.45, 7) is 2.31. The molecular formula is C19H22N2O5S3.